The number of rotatable bonds is 2. The van der Waals surface area contributed by atoms with Crippen molar-refractivity contribution in [2.45, 2.75) is 18.9 Å². The van der Waals surface area contributed by atoms with Gasteiger partial charge in [0.2, 0.25) is 0 Å². The van der Waals surface area contributed by atoms with Gasteiger partial charge >= 0.3 is 6.09 Å². The van der Waals surface area contributed by atoms with Crippen LogP contribution < -0.4 is 4.90 Å². The number of aromatic nitrogens is 3. The highest BCUT2D eigenvalue weighted by molar-refractivity contribution is 5.87. The minimum atomic E-state index is -0.200. The molecule has 1 saturated heterocycles. The first-order valence-corrected chi connectivity index (χ1v) is 8.01. The Morgan fingerprint density at radius 3 is 2.78 bits per heavy atom. The lowest BCUT2D eigenvalue weighted by atomic mass is 10.0. The number of H-pyrrole nitrogens is 1. The number of hydrogen-bond donors (Lipinski definition) is 1. The van der Waals surface area contributed by atoms with E-state index in [0.29, 0.717) is 17.9 Å². The van der Waals surface area contributed by atoms with E-state index in [0.717, 1.165) is 42.8 Å². The topological polar surface area (TPSA) is 74.3 Å². The largest absolute Gasteiger partial charge is 0.453 e. The Labute approximate surface area is 134 Å². The summed E-state index contributed by atoms with van der Waals surface area (Å²) in [6.07, 6.45) is 5.48. The van der Waals surface area contributed by atoms with E-state index >= 15 is 0 Å². The van der Waals surface area contributed by atoms with Crippen molar-refractivity contribution in [3.05, 3.63) is 18.6 Å². The van der Waals surface area contributed by atoms with Crippen molar-refractivity contribution in [1.82, 2.24) is 19.9 Å². The monoisotopic (exact) mass is 315 g/mol. The second-order valence-electron chi connectivity index (χ2n) is 6.57. The summed E-state index contributed by atoms with van der Waals surface area (Å²) in [5.41, 5.74) is 0.872. The Bertz CT molecular complexity index is 716. The first-order valence-electron chi connectivity index (χ1n) is 8.01. The van der Waals surface area contributed by atoms with E-state index in [-0.39, 0.29) is 6.09 Å². The molecule has 7 heteroatoms. The molecule has 0 bridgehead atoms. The van der Waals surface area contributed by atoms with E-state index in [4.69, 9.17) is 4.74 Å². The molecule has 1 aliphatic heterocycles. The van der Waals surface area contributed by atoms with Gasteiger partial charge in [-0.2, -0.15) is 0 Å². The van der Waals surface area contributed by atoms with Crippen molar-refractivity contribution in [3.8, 4) is 0 Å². The van der Waals surface area contributed by atoms with Crippen LogP contribution in [0.15, 0.2) is 18.6 Å². The number of methoxy groups -OCH3 is 1. The number of carbonyl (C=O) groups excluding carboxylic acids is 1. The van der Waals surface area contributed by atoms with Gasteiger partial charge in [-0.3, -0.25) is 0 Å². The van der Waals surface area contributed by atoms with E-state index in [2.05, 4.69) is 26.9 Å². The lowest BCUT2D eigenvalue weighted by Crippen LogP contribution is -2.34. The van der Waals surface area contributed by atoms with Crippen molar-refractivity contribution in [2.75, 3.05) is 32.1 Å². The van der Waals surface area contributed by atoms with Crippen molar-refractivity contribution in [1.29, 1.82) is 0 Å². The molecule has 3 heterocycles. The molecule has 1 aliphatic carbocycles. The molecule has 2 fully saturated rings. The number of hydrogen-bond acceptors (Lipinski definition) is 5. The Balaban J connectivity index is 1.49. The van der Waals surface area contributed by atoms with Crippen LogP contribution in [0, 0.1) is 11.8 Å². The Morgan fingerprint density at radius 1 is 1.35 bits per heavy atom. The number of ether oxygens (including phenoxy) is 1. The van der Waals surface area contributed by atoms with Crippen molar-refractivity contribution in [2.24, 2.45) is 11.8 Å². The number of aromatic amines is 1. The van der Waals surface area contributed by atoms with Crippen LogP contribution in [0.3, 0.4) is 0 Å². The zero-order valence-corrected chi connectivity index (χ0v) is 13.4. The van der Waals surface area contributed by atoms with Crippen LogP contribution >= 0.6 is 0 Å². The molecule has 2 aromatic heterocycles. The molecular weight excluding hydrogens is 294 g/mol. The molecule has 0 unspecified atom stereocenters. The van der Waals surface area contributed by atoms with Gasteiger partial charge in [0, 0.05) is 32.4 Å². The van der Waals surface area contributed by atoms with Crippen LogP contribution in [0.25, 0.3) is 11.0 Å². The lowest BCUT2D eigenvalue weighted by molar-refractivity contribution is 0.129. The molecule has 2 aromatic rings. The van der Waals surface area contributed by atoms with Gasteiger partial charge in [0.05, 0.1) is 12.5 Å². The third-order valence-corrected chi connectivity index (χ3v) is 5.37. The molecule has 0 spiro atoms. The molecule has 0 radical (unpaired) electrons. The summed E-state index contributed by atoms with van der Waals surface area (Å²) in [6, 6.07) is 2.48. The molecule has 0 aromatic carbocycles. The van der Waals surface area contributed by atoms with E-state index < -0.39 is 0 Å². The summed E-state index contributed by atoms with van der Waals surface area (Å²) >= 11 is 0. The zero-order valence-electron chi connectivity index (χ0n) is 13.4. The highest BCUT2D eigenvalue weighted by atomic mass is 16.5. The molecule has 1 saturated carbocycles. The maximum atomic E-state index is 11.7. The maximum Gasteiger partial charge on any atom is 0.409 e. The molecule has 7 nitrogen and oxygen atoms in total. The van der Waals surface area contributed by atoms with Gasteiger partial charge in [-0.05, 0) is 30.7 Å². The molecule has 2 atom stereocenters. The number of amides is 1. The summed E-state index contributed by atoms with van der Waals surface area (Å²) in [4.78, 5) is 27.7. The fourth-order valence-electron chi connectivity index (χ4n) is 4.18. The molecule has 2 aliphatic rings. The fourth-order valence-corrected chi connectivity index (χ4v) is 4.18. The van der Waals surface area contributed by atoms with E-state index in [1.165, 1.54) is 7.11 Å². The van der Waals surface area contributed by atoms with Crippen molar-refractivity contribution >= 4 is 22.9 Å². The van der Waals surface area contributed by atoms with Gasteiger partial charge in [0.15, 0.2) is 0 Å². The van der Waals surface area contributed by atoms with Gasteiger partial charge in [-0.25, -0.2) is 14.8 Å². The normalized spacial score (nSPS) is 24.2. The minimum absolute atomic E-state index is 0.200. The van der Waals surface area contributed by atoms with Crippen LogP contribution in [0.4, 0.5) is 10.6 Å². The van der Waals surface area contributed by atoms with Crippen molar-refractivity contribution in [3.63, 3.8) is 0 Å². The quantitative estimate of drug-likeness (QED) is 0.916. The number of nitrogens with one attached hydrogen (secondary N) is 1. The first-order chi connectivity index (χ1) is 11.2. The standard InChI is InChI=1S/C16H21N5O2/c1-20(15-13-3-4-17-14(13)18-9-19-15)12-5-10-7-21(16(22)23-2)8-11(10)6-12/h3-4,9-12H,5-8H2,1-2H3,(H,17,18,19)/t10-,11-/m1/s1. The summed E-state index contributed by atoms with van der Waals surface area (Å²) in [5, 5.41) is 1.06. The summed E-state index contributed by atoms with van der Waals surface area (Å²) in [6.45, 7) is 1.62. The van der Waals surface area contributed by atoms with Crippen molar-refractivity contribution < 1.29 is 9.53 Å². The SMILES string of the molecule is COC(=O)N1C[C@H]2CC(N(C)c3ncnc4[nH]ccc34)C[C@@H]2C1. The number of fused-ring (bicyclic) bond motifs is 2. The van der Waals surface area contributed by atoms with Gasteiger partial charge < -0.3 is 19.5 Å². The Kier molecular flexibility index (Phi) is 3.36. The number of anilines is 1. The van der Waals surface area contributed by atoms with E-state index in [1.807, 2.05) is 17.2 Å². The summed E-state index contributed by atoms with van der Waals surface area (Å²) in [7, 11) is 3.56. The zero-order chi connectivity index (χ0) is 16.0. The van der Waals surface area contributed by atoms with Gasteiger partial charge in [0.25, 0.3) is 0 Å². The fraction of sp³-hybridized carbons (Fsp3) is 0.562. The molecule has 23 heavy (non-hydrogen) atoms. The average molecular weight is 315 g/mol. The van der Waals surface area contributed by atoms with Crippen LogP contribution in [0.2, 0.25) is 0 Å². The highest BCUT2D eigenvalue weighted by Gasteiger charge is 2.44. The summed E-state index contributed by atoms with van der Waals surface area (Å²) in [5.74, 6) is 2.10. The second-order valence-corrected chi connectivity index (χ2v) is 6.57. The minimum Gasteiger partial charge on any atom is -0.453 e. The first kappa shape index (κ1) is 14.3. The van der Waals surface area contributed by atoms with Crippen LogP contribution in [0.1, 0.15) is 12.8 Å². The van der Waals surface area contributed by atoms with Crippen LogP contribution in [-0.4, -0.2) is 59.2 Å². The smallest absolute Gasteiger partial charge is 0.409 e. The van der Waals surface area contributed by atoms with Crippen LogP contribution in [-0.2, 0) is 4.74 Å². The molecule has 122 valence electrons. The highest BCUT2D eigenvalue weighted by Crippen LogP contribution is 2.41. The second kappa shape index (κ2) is 5.40. The van der Waals surface area contributed by atoms with Gasteiger partial charge in [-0.1, -0.05) is 0 Å². The maximum absolute atomic E-state index is 11.7. The summed E-state index contributed by atoms with van der Waals surface area (Å²) < 4.78 is 4.84. The van der Waals surface area contributed by atoms with E-state index in [9.17, 15) is 4.79 Å². The number of nitrogens with zero attached hydrogens (tertiary/aromatic N) is 4. The Morgan fingerprint density at radius 2 is 2.09 bits per heavy atom. The predicted molar refractivity (Wildman–Crippen MR) is 86.3 cm³/mol. The molecule has 1 amide bonds. The third kappa shape index (κ3) is 2.31. The number of likely N-dealkylation sites (tertiary alicyclic amines) is 1. The predicted octanol–water partition coefficient (Wildman–Crippen LogP) is 1.87. The van der Waals surface area contributed by atoms with Gasteiger partial charge in [0.1, 0.15) is 17.8 Å². The average Bonchev–Trinajstić information content (AvgIpc) is 3.26. The molecule has 1 N–H and O–H groups in total. The van der Waals surface area contributed by atoms with Crippen LogP contribution in [0.5, 0.6) is 0 Å². The number of carbonyl (C=O) groups is 1. The molecular formula is C16H21N5O2. The lowest BCUT2D eigenvalue weighted by Gasteiger charge is -2.27. The Hall–Kier alpha value is -2.31. The third-order valence-electron chi connectivity index (χ3n) is 5.37. The van der Waals surface area contributed by atoms with E-state index in [1.54, 1.807) is 6.33 Å². The molecule has 4 rings (SSSR count). The van der Waals surface area contributed by atoms with Gasteiger partial charge in [-0.15, -0.1) is 0 Å².